The van der Waals surface area contributed by atoms with E-state index in [1.807, 2.05) is 6.92 Å². The Morgan fingerprint density at radius 2 is 2.05 bits per heavy atom. The van der Waals surface area contributed by atoms with E-state index < -0.39 is 10.8 Å². The van der Waals surface area contributed by atoms with E-state index in [1.54, 1.807) is 19.1 Å². The lowest BCUT2D eigenvalue weighted by atomic mass is 10.1. The Bertz CT molecular complexity index is 632. The van der Waals surface area contributed by atoms with Crippen LogP contribution in [0.2, 0.25) is 0 Å². The van der Waals surface area contributed by atoms with Crippen molar-refractivity contribution in [1.82, 2.24) is 0 Å². The molecule has 1 N–H and O–H groups in total. The highest BCUT2D eigenvalue weighted by atomic mass is 16.6. The van der Waals surface area contributed by atoms with Crippen molar-refractivity contribution in [2.45, 2.75) is 13.8 Å². The van der Waals surface area contributed by atoms with Gasteiger partial charge in [-0.25, -0.2) is 0 Å². The number of carbonyl (C=O) groups excluding carboxylic acids is 1. The second-order valence-corrected chi connectivity index (χ2v) is 4.09. The Morgan fingerprint density at radius 1 is 1.32 bits per heavy atom. The number of aryl methyl sites for hydroxylation is 1. The minimum absolute atomic E-state index is 0.107. The van der Waals surface area contributed by atoms with Crippen LogP contribution in [0.1, 0.15) is 21.7 Å². The zero-order chi connectivity index (χ0) is 14.0. The van der Waals surface area contributed by atoms with E-state index in [0.29, 0.717) is 5.56 Å². The van der Waals surface area contributed by atoms with Crippen LogP contribution in [-0.2, 0) is 0 Å². The van der Waals surface area contributed by atoms with Gasteiger partial charge in [0.05, 0.1) is 11.2 Å². The summed E-state index contributed by atoms with van der Waals surface area (Å²) in [6, 6.07) is 6.09. The van der Waals surface area contributed by atoms with E-state index in [-0.39, 0.29) is 17.1 Å². The van der Waals surface area contributed by atoms with Crippen molar-refractivity contribution in [3.05, 3.63) is 57.5 Å². The molecule has 0 saturated carbocycles. The number of nitro groups is 1. The molecule has 0 radical (unpaired) electrons. The average Bonchev–Trinajstić information content (AvgIpc) is 2.88. The summed E-state index contributed by atoms with van der Waals surface area (Å²) in [5.74, 6) is -0.406. The van der Waals surface area contributed by atoms with Crippen LogP contribution in [0.15, 0.2) is 34.9 Å². The maximum absolute atomic E-state index is 11.9. The van der Waals surface area contributed by atoms with Gasteiger partial charge in [0.15, 0.2) is 5.76 Å². The first kappa shape index (κ1) is 12.8. The molecular formula is C13H12N2O4. The Morgan fingerprint density at radius 3 is 2.63 bits per heavy atom. The summed E-state index contributed by atoms with van der Waals surface area (Å²) in [4.78, 5) is 22.3. The minimum Gasteiger partial charge on any atom is -0.459 e. The number of amides is 1. The molecule has 19 heavy (non-hydrogen) atoms. The number of rotatable bonds is 3. The number of nitro benzene ring substituents is 1. The zero-order valence-electron chi connectivity index (χ0n) is 10.5. The first-order valence-corrected chi connectivity index (χ1v) is 5.60. The van der Waals surface area contributed by atoms with E-state index in [9.17, 15) is 14.9 Å². The summed E-state index contributed by atoms with van der Waals surface area (Å²) >= 11 is 0. The summed E-state index contributed by atoms with van der Waals surface area (Å²) in [6.45, 7) is 3.54. The van der Waals surface area contributed by atoms with Gasteiger partial charge in [-0.15, -0.1) is 0 Å². The molecule has 6 heteroatoms. The number of hydrogen-bond acceptors (Lipinski definition) is 4. The molecule has 0 bridgehead atoms. The number of anilines is 1. The van der Waals surface area contributed by atoms with Crippen LogP contribution in [0, 0.1) is 24.0 Å². The summed E-state index contributed by atoms with van der Waals surface area (Å²) in [7, 11) is 0. The molecule has 0 aliphatic rings. The minimum atomic E-state index is -0.524. The molecule has 2 aromatic rings. The van der Waals surface area contributed by atoms with Gasteiger partial charge in [-0.05, 0) is 37.1 Å². The predicted octanol–water partition coefficient (Wildman–Crippen LogP) is 3.06. The molecule has 0 aliphatic carbocycles. The average molecular weight is 260 g/mol. The summed E-state index contributed by atoms with van der Waals surface area (Å²) in [5, 5.41) is 13.5. The number of furan rings is 1. The molecule has 0 saturated heterocycles. The largest absolute Gasteiger partial charge is 0.459 e. The standard InChI is InChI=1S/C13H12N2O4/c1-8-5-6-10(15(17)18)12(9(8)2)14-13(16)11-4-3-7-19-11/h3-7H,1-2H3,(H,14,16). The molecule has 2 rings (SSSR count). The highest BCUT2D eigenvalue weighted by Gasteiger charge is 2.20. The molecule has 1 heterocycles. The fourth-order valence-corrected chi connectivity index (χ4v) is 1.69. The third-order valence-corrected chi connectivity index (χ3v) is 2.89. The molecule has 98 valence electrons. The smallest absolute Gasteiger partial charge is 0.293 e. The summed E-state index contributed by atoms with van der Waals surface area (Å²) < 4.78 is 4.96. The van der Waals surface area contributed by atoms with Gasteiger partial charge in [0.25, 0.3) is 11.6 Å². The van der Waals surface area contributed by atoms with Gasteiger partial charge < -0.3 is 9.73 Å². The van der Waals surface area contributed by atoms with E-state index in [1.165, 1.54) is 18.4 Å². The van der Waals surface area contributed by atoms with Crippen molar-refractivity contribution in [2.24, 2.45) is 0 Å². The van der Waals surface area contributed by atoms with Gasteiger partial charge in [0, 0.05) is 6.07 Å². The van der Waals surface area contributed by atoms with Crippen LogP contribution in [0.3, 0.4) is 0 Å². The molecule has 1 amide bonds. The molecule has 0 spiro atoms. The van der Waals surface area contributed by atoms with Crippen molar-refractivity contribution in [3.63, 3.8) is 0 Å². The molecule has 1 aromatic heterocycles. The van der Waals surface area contributed by atoms with Gasteiger partial charge in [-0.1, -0.05) is 6.07 Å². The SMILES string of the molecule is Cc1ccc([N+](=O)[O-])c(NC(=O)c2ccco2)c1C. The zero-order valence-corrected chi connectivity index (χ0v) is 10.5. The molecule has 0 atom stereocenters. The highest BCUT2D eigenvalue weighted by Crippen LogP contribution is 2.30. The Kier molecular flexibility index (Phi) is 3.33. The number of carbonyl (C=O) groups is 1. The van der Waals surface area contributed by atoms with Gasteiger partial charge in [-0.3, -0.25) is 14.9 Å². The van der Waals surface area contributed by atoms with E-state index in [4.69, 9.17) is 4.42 Å². The normalized spacial score (nSPS) is 10.2. The second kappa shape index (κ2) is 4.93. The van der Waals surface area contributed by atoms with Crippen LogP contribution in [-0.4, -0.2) is 10.8 Å². The van der Waals surface area contributed by atoms with Crippen molar-refractivity contribution >= 4 is 17.3 Å². The van der Waals surface area contributed by atoms with E-state index in [2.05, 4.69) is 5.32 Å². The lowest BCUT2D eigenvalue weighted by Crippen LogP contribution is -2.13. The van der Waals surface area contributed by atoms with Gasteiger partial charge in [-0.2, -0.15) is 0 Å². The maximum atomic E-state index is 11.9. The van der Waals surface area contributed by atoms with Gasteiger partial charge in [0.2, 0.25) is 0 Å². The third kappa shape index (κ3) is 2.47. The molecule has 6 nitrogen and oxygen atoms in total. The Balaban J connectivity index is 2.41. The van der Waals surface area contributed by atoms with Crippen LogP contribution >= 0.6 is 0 Å². The number of nitrogens with zero attached hydrogens (tertiary/aromatic N) is 1. The first-order chi connectivity index (χ1) is 9.00. The molecule has 0 aliphatic heterocycles. The van der Waals surface area contributed by atoms with Crippen molar-refractivity contribution in [3.8, 4) is 0 Å². The van der Waals surface area contributed by atoms with Crippen LogP contribution in [0.4, 0.5) is 11.4 Å². The molecular weight excluding hydrogens is 248 g/mol. The second-order valence-electron chi connectivity index (χ2n) is 4.09. The molecule has 0 unspecified atom stereocenters. The maximum Gasteiger partial charge on any atom is 0.293 e. The fourth-order valence-electron chi connectivity index (χ4n) is 1.69. The van der Waals surface area contributed by atoms with Crippen molar-refractivity contribution in [2.75, 3.05) is 5.32 Å². The highest BCUT2D eigenvalue weighted by molar-refractivity contribution is 6.04. The summed E-state index contributed by atoms with van der Waals surface area (Å²) in [6.07, 6.45) is 1.37. The van der Waals surface area contributed by atoms with E-state index >= 15 is 0 Å². The monoisotopic (exact) mass is 260 g/mol. The quantitative estimate of drug-likeness (QED) is 0.678. The molecule has 1 aromatic carbocycles. The van der Waals surface area contributed by atoms with Crippen molar-refractivity contribution in [1.29, 1.82) is 0 Å². The van der Waals surface area contributed by atoms with Crippen LogP contribution in [0.25, 0.3) is 0 Å². The Hall–Kier alpha value is -2.63. The van der Waals surface area contributed by atoms with Crippen molar-refractivity contribution < 1.29 is 14.1 Å². The summed E-state index contributed by atoms with van der Waals surface area (Å²) in [5.41, 5.74) is 1.59. The number of benzene rings is 1. The number of hydrogen-bond donors (Lipinski definition) is 1. The van der Waals surface area contributed by atoms with Crippen LogP contribution in [0.5, 0.6) is 0 Å². The first-order valence-electron chi connectivity index (χ1n) is 5.60. The lowest BCUT2D eigenvalue weighted by molar-refractivity contribution is -0.384. The topological polar surface area (TPSA) is 85.4 Å². The Labute approximate surface area is 109 Å². The van der Waals surface area contributed by atoms with Gasteiger partial charge >= 0.3 is 0 Å². The molecule has 0 fully saturated rings. The van der Waals surface area contributed by atoms with Crippen LogP contribution < -0.4 is 5.32 Å². The fraction of sp³-hybridized carbons (Fsp3) is 0.154. The van der Waals surface area contributed by atoms with Gasteiger partial charge in [0.1, 0.15) is 5.69 Å². The predicted molar refractivity (Wildman–Crippen MR) is 69.2 cm³/mol. The third-order valence-electron chi connectivity index (χ3n) is 2.89. The van der Waals surface area contributed by atoms with E-state index in [0.717, 1.165) is 5.56 Å². The lowest BCUT2D eigenvalue weighted by Gasteiger charge is -2.10. The number of nitrogens with one attached hydrogen (secondary N) is 1.